The van der Waals surface area contributed by atoms with Crippen molar-refractivity contribution in [2.75, 3.05) is 0 Å². The molecule has 0 atom stereocenters. The van der Waals surface area contributed by atoms with Gasteiger partial charge in [0.1, 0.15) is 18.2 Å². The van der Waals surface area contributed by atoms with Gasteiger partial charge in [-0.2, -0.15) is 0 Å². The summed E-state index contributed by atoms with van der Waals surface area (Å²) in [6, 6.07) is 13.7. The lowest BCUT2D eigenvalue weighted by molar-refractivity contribution is -0.118. The fraction of sp³-hybridized carbons (Fsp3) is 0.227. The summed E-state index contributed by atoms with van der Waals surface area (Å²) in [5.74, 6) is 0.183. The van der Waals surface area contributed by atoms with Gasteiger partial charge in [0.15, 0.2) is 11.0 Å². The summed E-state index contributed by atoms with van der Waals surface area (Å²) in [5.41, 5.74) is 6.00. The first-order valence-electron chi connectivity index (χ1n) is 10.1. The van der Waals surface area contributed by atoms with E-state index in [1.165, 1.54) is 22.4 Å². The van der Waals surface area contributed by atoms with Gasteiger partial charge in [0.05, 0.1) is 22.2 Å². The van der Waals surface area contributed by atoms with Crippen LogP contribution < -0.4 is 11.3 Å². The largest absolute Gasteiger partial charge is 0.368 e. The number of benzene rings is 2. The van der Waals surface area contributed by atoms with Gasteiger partial charge in [-0.1, -0.05) is 36.0 Å². The molecular weight excluding hydrogens is 431 g/mol. The van der Waals surface area contributed by atoms with Crippen LogP contribution in [0.3, 0.4) is 0 Å². The van der Waals surface area contributed by atoms with E-state index in [1.807, 2.05) is 4.57 Å². The van der Waals surface area contributed by atoms with Gasteiger partial charge in [-0.25, -0.2) is 9.37 Å². The molecule has 10 heteroatoms. The van der Waals surface area contributed by atoms with Gasteiger partial charge in [0.2, 0.25) is 5.91 Å². The highest BCUT2D eigenvalue weighted by Crippen LogP contribution is 2.41. The Kier molecular flexibility index (Phi) is 5.22. The summed E-state index contributed by atoms with van der Waals surface area (Å²) >= 11 is 1.34. The maximum atomic E-state index is 14.4. The Morgan fingerprint density at radius 3 is 2.62 bits per heavy atom. The van der Waals surface area contributed by atoms with Gasteiger partial charge in [-0.15, -0.1) is 10.2 Å². The lowest BCUT2D eigenvalue weighted by Crippen LogP contribution is -2.31. The number of carbonyl (C=O) groups excluding carboxylic acids is 1. The zero-order chi connectivity index (χ0) is 22.2. The van der Waals surface area contributed by atoms with Crippen molar-refractivity contribution < 1.29 is 9.18 Å². The minimum Gasteiger partial charge on any atom is -0.368 e. The lowest BCUT2D eigenvalue weighted by atomic mass is 10.2. The first-order chi connectivity index (χ1) is 15.5. The Morgan fingerprint density at radius 1 is 1.12 bits per heavy atom. The first-order valence-corrected chi connectivity index (χ1v) is 11.1. The van der Waals surface area contributed by atoms with Crippen LogP contribution in [-0.4, -0.2) is 30.2 Å². The number of para-hydroxylation sites is 1. The molecular formula is C22H19FN6O2S. The third-order valence-electron chi connectivity index (χ3n) is 5.28. The SMILES string of the molecule is NC(=O)Cn1c(CSc2nnc(-c3ccccc3F)n2C2CC2)nc2ccccc2c1=O. The van der Waals surface area contributed by atoms with Crippen molar-refractivity contribution in [3.05, 3.63) is 70.5 Å². The zero-order valence-electron chi connectivity index (χ0n) is 16.9. The summed E-state index contributed by atoms with van der Waals surface area (Å²) in [4.78, 5) is 29.1. The van der Waals surface area contributed by atoms with E-state index < -0.39 is 5.91 Å². The second-order valence-electron chi connectivity index (χ2n) is 7.58. The molecule has 2 heterocycles. The number of hydrogen-bond donors (Lipinski definition) is 1. The molecule has 1 aliphatic rings. The number of fused-ring (bicyclic) bond motifs is 1. The zero-order valence-corrected chi connectivity index (χ0v) is 17.8. The molecule has 4 aromatic rings. The number of carbonyl (C=O) groups is 1. The number of nitrogens with two attached hydrogens (primary N) is 1. The summed E-state index contributed by atoms with van der Waals surface area (Å²) in [7, 11) is 0. The summed E-state index contributed by atoms with van der Waals surface area (Å²) in [6.45, 7) is -0.262. The van der Waals surface area contributed by atoms with Crippen LogP contribution in [0, 0.1) is 5.82 Å². The molecule has 0 spiro atoms. The number of aromatic nitrogens is 5. The molecule has 5 rings (SSSR count). The molecule has 8 nitrogen and oxygen atoms in total. The Morgan fingerprint density at radius 2 is 1.88 bits per heavy atom. The number of nitrogens with zero attached hydrogens (tertiary/aromatic N) is 5. The second-order valence-corrected chi connectivity index (χ2v) is 8.52. The predicted octanol–water partition coefficient (Wildman–Crippen LogP) is 2.91. The Balaban J connectivity index is 1.52. The van der Waals surface area contributed by atoms with E-state index in [-0.39, 0.29) is 29.7 Å². The predicted molar refractivity (Wildman–Crippen MR) is 118 cm³/mol. The lowest BCUT2D eigenvalue weighted by Gasteiger charge is -2.13. The molecule has 2 aromatic carbocycles. The van der Waals surface area contributed by atoms with Gasteiger partial charge in [0.25, 0.3) is 5.56 Å². The van der Waals surface area contributed by atoms with Crippen molar-refractivity contribution in [1.29, 1.82) is 0 Å². The van der Waals surface area contributed by atoms with Crippen molar-refractivity contribution in [3.63, 3.8) is 0 Å². The quantitative estimate of drug-likeness (QED) is 0.434. The van der Waals surface area contributed by atoms with Gasteiger partial charge in [0, 0.05) is 6.04 Å². The summed E-state index contributed by atoms with van der Waals surface area (Å²) in [5, 5.41) is 9.57. The molecule has 2 aromatic heterocycles. The molecule has 0 unspecified atom stereocenters. The van der Waals surface area contributed by atoms with Crippen LogP contribution in [0.1, 0.15) is 24.7 Å². The number of rotatable bonds is 7. The molecule has 162 valence electrons. The van der Waals surface area contributed by atoms with Crippen LogP contribution in [0.25, 0.3) is 22.3 Å². The molecule has 0 bridgehead atoms. The average molecular weight is 450 g/mol. The highest BCUT2D eigenvalue weighted by Gasteiger charge is 2.31. The maximum Gasteiger partial charge on any atom is 0.261 e. The third kappa shape index (κ3) is 3.77. The van der Waals surface area contributed by atoms with Gasteiger partial charge < -0.3 is 5.73 Å². The van der Waals surface area contributed by atoms with Crippen molar-refractivity contribution in [2.24, 2.45) is 5.73 Å². The Hall–Kier alpha value is -3.53. The molecule has 32 heavy (non-hydrogen) atoms. The molecule has 1 aliphatic carbocycles. The fourth-order valence-electron chi connectivity index (χ4n) is 3.64. The van der Waals surface area contributed by atoms with E-state index in [0.717, 1.165) is 12.8 Å². The van der Waals surface area contributed by atoms with Crippen molar-refractivity contribution in [3.8, 4) is 11.4 Å². The minimum absolute atomic E-state index is 0.208. The third-order valence-corrected chi connectivity index (χ3v) is 6.22. The first kappa shape index (κ1) is 20.4. The average Bonchev–Trinajstić information content (AvgIpc) is 3.54. The summed E-state index contributed by atoms with van der Waals surface area (Å²) in [6.07, 6.45) is 1.93. The van der Waals surface area contributed by atoms with Crippen molar-refractivity contribution in [2.45, 2.75) is 36.3 Å². The summed E-state index contributed by atoms with van der Waals surface area (Å²) < 4.78 is 17.6. The van der Waals surface area contributed by atoms with Crippen molar-refractivity contribution in [1.82, 2.24) is 24.3 Å². The highest BCUT2D eigenvalue weighted by molar-refractivity contribution is 7.98. The fourth-order valence-corrected chi connectivity index (χ4v) is 4.59. The van der Waals surface area contributed by atoms with Gasteiger partial charge in [-0.3, -0.25) is 18.7 Å². The monoisotopic (exact) mass is 450 g/mol. The normalized spacial score (nSPS) is 13.5. The standard InChI is InChI=1S/C22H19FN6O2S/c23-16-7-3-1-5-14(16)20-26-27-22(29(20)13-9-10-13)32-12-19-25-17-8-4-2-6-15(17)21(31)28(19)11-18(24)30/h1-8,13H,9-12H2,(H2,24,30). The van der Waals surface area contributed by atoms with Crippen LogP contribution in [0.2, 0.25) is 0 Å². The van der Waals surface area contributed by atoms with E-state index in [0.29, 0.717) is 33.3 Å². The molecule has 0 saturated heterocycles. The van der Waals surface area contributed by atoms with Crippen LogP contribution in [0.4, 0.5) is 4.39 Å². The Labute approximate surface area is 186 Å². The smallest absolute Gasteiger partial charge is 0.261 e. The molecule has 0 aliphatic heterocycles. The topological polar surface area (TPSA) is 109 Å². The second kappa shape index (κ2) is 8.19. The minimum atomic E-state index is -0.626. The molecule has 0 radical (unpaired) electrons. The van der Waals surface area contributed by atoms with Gasteiger partial charge >= 0.3 is 0 Å². The Bertz CT molecular complexity index is 1390. The van der Waals surface area contributed by atoms with E-state index in [1.54, 1.807) is 42.5 Å². The molecule has 1 amide bonds. The molecule has 1 saturated carbocycles. The van der Waals surface area contributed by atoms with E-state index >= 15 is 0 Å². The maximum absolute atomic E-state index is 14.4. The number of thioether (sulfide) groups is 1. The number of amides is 1. The van der Waals surface area contributed by atoms with Crippen molar-refractivity contribution >= 4 is 28.6 Å². The van der Waals surface area contributed by atoms with Gasteiger partial charge in [-0.05, 0) is 37.1 Å². The van der Waals surface area contributed by atoms with E-state index in [2.05, 4.69) is 15.2 Å². The number of primary amides is 1. The molecule has 1 fully saturated rings. The van der Waals surface area contributed by atoms with Crippen LogP contribution in [0.15, 0.2) is 58.5 Å². The molecule has 2 N–H and O–H groups in total. The number of halogens is 1. The highest BCUT2D eigenvalue weighted by atomic mass is 32.2. The number of hydrogen-bond acceptors (Lipinski definition) is 6. The van der Waals surface area contributed by atoms with Crippen LogP contribution in [-0.2, 0) is 17.1 Å². The van der Waals surface area contributed by atoms with E-state index in [4.69, 9.17) is 5.73 Å². The van der Waals surface area contributed by atoms with Crippen LogP contribution in [0.5, 0.6) is 0 Å². The van der Waals surface area contributed by atoms with Crippen LogP contribution >= 0.6 is 11.8 Å². The van der Waals surface area contributed by atoms with E-state index in [9.17, 15) is 14.0 Å².